The molecule has 0 aliphatic carbocycles. The van der Waals surface area contributed by atoms with Gasteiger partial charge in [-0.15, -0.1) is 0 Å². The molecule has 0 spiro atoms. The molecular weight excluding hydrogens is 198 g/mol. The van der Waals surface area contributed by atoms with E-state index in [1.54, 1.807) is 0 Å². The molecule has 0 unspecified atom stereocenters. The maximum atomic E-state index is 12.1. The van der Waals surface area contributed by atoms with Crippen LogP contribution >= 0.6 is 0 Å². The molecule has 1 aliphatic rings. The molecule has 1 heterocycles. The zero-order valence-electron chi connectivity index (χ0n) is 10.2. The minimum Gasteiger partial charge on any atom is -0.326 e. The van der Waals surface area contributed by atoms with Gasteiger partial charge in [0.15, 0.2) is 0 Å². The highest BCUT2D eigenvalue weighted by Crippen LogP contribution is 2.34. The molecule has 1 atom stereocenters. The Hall–Kier alpha value is -1.31. The van der Waals surface area contributed by atoms with Gasteiger partial charge >= 0.3 is 0 Å². The lowest BCUT2D eigenvalue weighted by Gasteiger charge is -2.27. The average molecular weight is 219 g/mol. The number of carbonyl (C=O) groups is 1. The normalized spacial score (nSPS) is 20.9. The van der Waals surface area contributed by atoms with Gasteiger partial charge in [-0.1, -0.05) is 39.0 Å². The lowest BCUT2D eigenvalue weighted by atomic mass is 9.77. The van der Waals surface area contributed by atoms with Crippen molar-refractivity contribution in [3.63, 3.8) is 0 Å². The van der Waals surface area contributed by atoms with E-state index in [0.717, 1.165) is 18.5 Å². The van der Waals surface area contributed by atoms with Crippen LogP contribution in [0.4, 0.5) is 5.69 Å². The van der Waals surface area contributed by atoms with Gasteiger partial charge in [-0.25, -0.2) is 0 Å². The number of rotatable bonds is 0. The molecule has 2 nitrogen and oxygen atoms in total. The van der Waals surface area contributed by atoms with E-state index in [-0.39, 0.29) is 18.7 Å². The Morgan fingerprint density at radius 2 is 2.00 bits per heavy atom. The van der Waals surface area contributed by atoms with Crippen LogP contribution in [0.15, 0.2) is 24.3 Å². The quantitative estimate of drug-likeness (QED) is 0.711. The van der Waals surface area contributed by atoms with Crippen molar-refractivity contribution < 1.29 is 6.22 Å². The molecular formula is C14H21NO. The summed E-state index contributed by atoms with van der Waals surface area (Å²) < 4.78 is 0. The van der Waals surface area contributed by atoms with Gasteiger partial charge < -0.3 is 5.32 Å². The standard InChI is InChI=1S/C14H19NO.H2/c1-14(2,3)11-9-8-10-6-4-5-7-12(10)15-13(11)16;/h4-7,11H,8-9H2,1-3H3,(H,15,16);1H/t11-;/m0./s1. The second kappa shape index (κ2) is 3.93. The molecule has 0 saturated heterocycles. The van der Waals surface area contributed by atoms with Crippen LogP contribution in [0.2, 0.25) is 0 Å². The summed E-state index contributed by atoms with van der Waals surface area (Å²) in [4.78, 5) is 12.1. The number of anilines is 1. The number of hydrogen-bond donors (Lipinski definition) is 1. The molecule has 1 aromatic carbocycles. The molecule has 2 rings (SSSR count). The maximum Gasteiger partial charge on any atom is 0.228 e. The van der Waals surface area contributed by atoms with Crippen molar-refractivity contribution in [2.24, 2.45) is 11.3 Å². The van der Waals surface area contributed by atoms with Gasteiger partial charge in [0.25, 0.3) is 0 Å². The molecule has 0 fully saturated rings. The lowest BCUT2D eigenvalue weighted by Crippen LogP contribution is -2.32. The summed E-state index contributed by atoms with van der Waals surface area (Å²) in [6, 6.07) is 8.08. The number of aryl methyl sites for hydroxylation is 1. The van der Waals surface area contributed by atoms with E-state index in [0.29, 0.717) is 0 Å². The molecule has 0 saturated carbocycles. The van der Waals surface area contributed by atoms with Crippen LogP contribution in [0, 0.1) is 11.3 Å². The molecule has 1 aromatic rings. The molecule has 88 valence electrons. The topological polar surface area (TPSA) is 29.1 Å². The first-order chi connectivity index (χ1) is 7.48. The second-order valence-corrected chi connectivity index (χ2v) is 5.60. The van der Waals surface area contributed by atoms with E-state index < -0.39 is 0 Å². The van der Waals surface area contributed by atoms with E-state index in [4.69, 9.17) is 0 Å². The summed E-state index contributed by atoms with van der Waals surface area (Å²) in [7, 11) is 0. The zero-order chi connectivity index (χ0) is 11.8. The number of carbonyl (C=O) groups excluding carboxylic acids is 1. The van der Waals surface area contributed by atoms with E-state index >= 15 is 0 Å². The smallest absolute Gasteiger partial charge is 0.228 e. The highest BCUT2D eigenvalue weighted by atomic mass is 16.1. The van der Waals surface area contributed by atoms with Crippen molar-refractivity contribution in [3.05, 3.63) is 29.8 Å². The minimum absolute atomic E-state index is 0. The molecule has 0 bridgehead atoms. The van der Waals surface area contributed by atoms with Gasteiger partial charge in [0.2, 0.25) is 5.91 Å². The van der Waals surface area contributed by atoms with E-state index in [1.165, 1.54) is 5.56 Å². The summed E-state index contributed by atoms with van der Waals surface area (Å²) >= 11 is 0. The SMILES string of the molecule is CC(C)(C)[C@H]1CCc2ccccc2NC1=O.[HH]. The fraction of sp³-hybridized carbons (Fsp3) is 0.500. The van der Waals surface area contributed by atoms with Crippen LogP contribution in [-0.2, 0) is 11.2 Å². The minimum atomic E-state index is 0. The number of nitrogens with one attached hydrogen (secondary N) is 1. The predicted octanol–water partition coefficient (Wildman–Crippen LogP) is 3.48. The van der Waals surface area contributed by atoms with Gasteiger partial charge in [0, 0.05) is 13.0 Å². The van der Waals surface area contributed by atoms with Crippen LogP contribution in [0.1, 0.15) is 34.2 Å². The summed E-state index contributed by atoms with van der Waals surface area (Å²) in [5, 5.41) is 3.04. The Morgan fingerprint density at radius 3 is 2.69 bits per heavy atom. The van der Waals surface area contributed by atoms with Crippen molar-refractivity contribution >= 4 is 11.6 Å². The second-order valence-electron chi connectivity index (χ2n) is 5.60. The number of hydrogen-bond acceptors (Lipinski definition) is 1. The third kappa shape index (κ3) is 2.11. The van der Waals surface area contributed by atoms with Crippen molar-refractivity contribution in [2.75, 3.05) is 5.32 Å². The van der Waals surface area contributed by atoms with E-state index in [2.05, 4.69) is 32.2 Å². The first kappa shape index (κ1) is 11.2. The fourth-order valence-electron chi connectivity index (χ4n) is 2.34. The Labute approximate surface area is 98.5 Å². The Kier molecular flexibility index (Phi) is 2.75. The van der Waals surface area contributed by atoms with Gasteiger partial charge in [-0.3, -0.25) is 4.79 Å². The van der Waals surface area contributed by atoms with Crippen molar-refractivity contribution in [1.82, 2.24) is 0 Å². The summed E-state index contributed by atoms with van der Waals surface area (Å²) in [6.07, 6.45) is 1.92. The van der Waals surface area contributed by atoms with E-state index in [9.17, 15) is 4.79 Å². The van der Waals surface area contributed by atoms with Crippen LogP contribution in [-0.4, -0.2) is 5.91 Å². The summed E-state index contributed by atoms with van der Waals surface area (Å²) in [6.45, 7) is 6.40. The maximum absolute atomic E-state index is 12.1. The van der Waals surface area contributed by atoms with Crippen LogP contribution in [0.3, 0.4) is 0 Å². The molecule has 0 aromatic heterocycles. The third-order valence-corrected chi connectivity index (χ3v) is 3.34. The largest absolute Gasteiger partial charge is 0.326 e. The number of benzene rings is 1. The predicted molar refractivity (Wildman–Crippen MR) is 68.5 cm³/mol. The Balaban J connectivity index is 0.00000144. The van der Waals surface area contributed by atoms with Crippen molar-refractivity contribution in [2.45, 2.75) is 33.6 Å². The number of fused-ring (bicyclic) bond motifs is 1. The summed E-state index contributed by atoms with van der Waals surface area (Å²) in [5.74, 6) is 0.261. The Bertz CT molecular complexity index is 409. The van der Waals surface area contributed by atoms with Gasteiger partial charge in [0.05, 0.1) is 0 Å². The zero-order valence-corrected chi connectivity index (χ0v) is 10.2. The molecule has 0 radical (unpaired) electrons. The average Bonchev–Trinajstić information content (AvgIpc) is 2.34. The van der Waals surface area contributed by atoms with E-state index in [1.807, 2.05) is 18.2 Å². The van der Waals surface area contributed by atoms with Crippen molar-refractivity contribution in [3.8, 4) is 0 Å². The molecule has 1 N–H and O–H groups in total. The first-order valence-electron chi connectivity index (χ1n) is 5.87. The molecule has 16 heavy (non-hydrogen) atoms. The molecule has 1 amide bonds. The Morgan fingerprint density at radius 1 is 1.31 bits per heavy atom. The van der Waals surface area contributed by atoms with Crippen molar-refractivity contribution in [1.29, 1.82) is 0 Å². The van der Waals surface area contributed by atoms with Crippen LogP contribution in [0.25, 0.3) is 0 Å². The third-order valence-electron chi connectivity index (χ3n) is 3.34. The first-order valence-corrected chi connectivity index (χ1v) is 5.87. The van der Waals surface area contributed by atoms with Gasteiger partial charge in [-0.05, 0) is 29.9 Å². The fourth-order valence-corrected chi connectivity index (χ4v) is 2.34. The van der Waals surface area contributed by atoms with Crippen LogP contribution < -0.4 is 5.32 Å². The molecule has 1 aliphatic heterocycles. The van der Waals surface area contributed by atoms with Gasteiger partial charge in [0.1, 0.15) is 0 Å². The monoisotopic (exact) mass is 219 g/mol. The number of para-hydroxylation sites is 1. The lowest BCUT2D eigenvalue weighted by molar-refractivity contribution is -0.123. The highest BCUT2D eigenvalue weighted by Gasteiger charge is 2.32. The van der Waals surface area contributed by atoms with Gasteiger partial charge in [-0.2, -0.15) is 0 Å². The highest BCUT2D eigenvalue weighted by molar-refractivity contribution is 5.94. The number of amides is 1. The molecule has 2 heteroatoms. The van der Waals surface area contributed by atoms with Crippen LogP contribution in [0.5, 0.6) is 0 Å². The summed E-state index contributed by atoms with van der Waals surface area (Å²) in [5.41, 5.74) is 2.27.